The molecule has 1 heterocycles. The highest BCUT2D eigenvalue weighted by atomic mass is 32.1. The van der Waals surface area contributed by atoms with Crippen LogP contribution in [-0.2, 0) is 0 Å². The lowest BCUT2D eigenvalue weighted by Gasteiger charge is -2.04. The molecule has 2 aromatic carbocycles. The third kappa shape index (κ3) is 3.75. The van der Waals surface area contributed by atoms with E-state index in [-0.39, 0.29) is 0 Å². The van der Waals surface area contributed by atoms with E-state index in [1.54, 1.807) is 18.0 Å². The third-order valence-corrected chi connectivity index (χ3v) is 3.98. The SMILES string of the molecule is COc1ccccc1C=CC=Nn1c(-c2ccccc2C)n[nH]c1=S. The lowest BCUT2D eigenvalue weighted by Crippen LogP contribution is -1.95. The first kappa shape index (κ1) is 16.9. The van der Waals surface area contributed by atoms with Crippen molar-refractivity contribution in [2.24, 2.45) is 5.10 Å². The van der Waals surface area contributed by atoms with Crippen LogP contribution in [0, 0.1) is 11.7 Å². The van der Waals surface area contributed by atoms with Crippen LogP contribution in [0.1, 0.15) is 11.1 Å². The zero-order valence-corrected chi connectivity index (χ0v) is 14.8. The Morgan fingerprint density at radius 3 is 2.72 bits per heavy atom. The summed E-state index contributed by atoms with van der Waals surface area (Å²) in [5.41, 5.74) is 3.07. The Labute approximate surface area is 151 Å². The van der Waals surface area contributed by atoms with Crippen LogP contribution < -0.4 is 4.74 Å². The molecule has 0 unspecified atom stereocenters. The molecule has 0 aliphatic rings. The molecule has 126 valence electrons. The molecule has 0 aliphatic heterocycles. The average molecular weight is 350 g/mol. The number of benzene rings is 2. The highest BCUT2D eigenvalue weighted by Crippen LogP contribution is 2.21. The van der Waals surface area contributed by atoms with Gasteiger partial charge in [0.25, 0.3) is 0 Å². The quantitative estimate of drug-likeness (QED) is 0.545. The second-order valence-electron chi connectivity index (χ2n) is 5.34. The van der Waals surface area contributed by atoms with Gasteiger partial charge in [-0.2, -0.15) is 14.9 Å². The lowest BCUT2D eigenvalue weighted by atomic mass is 10.1. The lowest BCUT2D eigenvalue weighted by molar-refractivity contribution is 0.414. The zero-order valence-electron chi connectivity index (χ0n) is 14.0. The van der Waals surface area contributed by atoms with Crippen molar-refractivity contribution in [2.75, 3.05) is 7.11 Å². The fourth-order valence-electron chi connectivity index (χ4n) is 2.45. The second-order valence-corrected chi connectivity index (χ2v) is 5.73. The Hall–Kier alpha value is -2.99. The number of H-pyrrole nitrogens is 1. The van der Waals surface area contributed by atoms with Crippen molar-refractivity contribution in [1.29, 1.82) is 0 Å². The summed E-state index contributed by atoms with van der Waals surface area (Å²) in [7, 11) is 1.65. The number of aromatic nitrogens is 3. The molecule has 5 nitrogen and oxygen atoms in total. The average Bonchev–Trinajstić information content (AvgIpc) is 3.00. The summed E-state index contributed by atoms with van der Waals surface area (Å²) in [6, 6.07) is 15.8. The smallest absolute Gasteiger partial charge is 0.216 e. The maximum Gasteiger partial charge on any atom is 0.216 e. The van der Waals surface area contributed by atoms with E-state index in [0.717, 1.165) is 22.4 Å². The fourth-order valence-corrected chi connectivity index (χ4v) is 2.63. The van der Waals surface area contributed by atoms with Gasteiger partial charge in [-0.15, -0.1) is 0 Å². The molecule has 3 rings (SSSR count). The number of hydrogen-bond donors (Lipinski definition) is 1. The molecule has 3 aromatic rings. The molecule has 0 amide bonds. The van der Waals surface area contributed by atoms with Gasteiger partial charge in [0.15, 0.2) is 5.82 Å². The van der Waals surface area contributed by atoms with Gasteiger partial charge in [-0.05, 0) is 42.9 Å². The maximum atomic E-state index is 5.32. The molecule has 0 fully saturated rings. The van der Waals surface area contributed by atoms with Crippen LogP contribution in [-0.4, -0.2) is 28.2 Å². The van der Waals surface area contributed by atoms with E-state index in [1.165, 1.54) is 0 Å². The molecule has 0 atom stereocenters. The third-order valence-electron chi connectivity index (χ3n) is 3.72. The fraction of sp³-hybridized carbons (Fsp3) is 0.105. The Bertz CT molecular complexity index is 985. The highest BCUT2D eigenvalue weighted by Gasteiger charge is 2.09. The van der Waals surface area contributed by atoms with Gasteiger partial charge in [0, 0.05) is 17.3 Å². The summed E-state index contributed by atoms with van der Waals surface area (Å²) in [5, 5.41) is 11.5. The minimum absolute atomic E-state index is 0.445. The zero-order chi connectivity index (χ0) is 17.6. The first-order valence-electron chi connectivity index (χ1n) is 7.78. The van der Waals surface area contributed by atoms with Crippen LogP contribution in [0.3, 0.4) is 0 Å². The number of aromatic amines is 1. The predicted octanol–water partition coefficient (Wildman–Crippen LogP) is 4.47. The summed E-state index contributed by atoms with van der Waals surface area (Å²) in [6.45, 7) is 2.03. The van der Waals surface area contributed by atoms with E-state index >= 15 is 0 Å². The van der Waals surface area contributed by atoms with Crippen molar-refractivity contribution in [2.45, 2.75) is 6.92 Å². The molecule has 0 radical (unpaired) electrons. The number of allylic oxidation sites excluding steroid dienone is 1. The number of nitrogens with zero attached hydrogens (tertiary/aromatic N) is 3. The van der Waals surface area contributed by atoms with Gasteiger partial charge >= 0.3 is 0 Å². The summed E-state index contributed by atoms with van der Waals surface area (Å²) in [5.74, 6) is 1.50. The molecular formula is C19H18N4OS. The van der Waals surface area contributed by atoms with Gasteiger partial charge in [0.05, 0.1) is 7.11 Å². The maximum absolute atomic E-state index is 5.32. The first-order valence-corrected chi connectivity index (χ1v) is 8.19. The van der Waals surface area contributed by atoms with Crippen molar-refractivity contribution in [3.05, 3.63) is 70.5 Å². The monoisotopic (exact) mass is 350 g/mol. The van der Waals surface area contributed by atoms with Crippen LogP contribution in [0.2, 0.25) is 0 Å². The largest absolute Gasteiger partial charge is 0.496 e. The number of para-hydroxylation sites is 1. The molecule has 0 bridgehead atoms. The van der Waals surface area contributed by atoms with Crippen LogP contribution in [0.15, 0.2) is 59.7 Å². The van der Waals surface area contributed by atoms with Crippen LogP contribution in [0.25, 0.3) is 17.5 Å². The summed E-state index contributed by atoms with van der Waals surface area (Å²) in [6.07, 6.45) is 5.45. The van der Waals surface area contributed by atoms with E-state index in [4.69, 9.17) is 17.0 Å². The Kier molecular flexibility index (Phi) is 5.20. The van der Waals surface area contributed by atoms with Gasteiger partial charge in [0.1, 0.15) is 5.75 Å². The molecule has 1 aromatic heterocycles. The Balaban J connectivity index is 1.88. The van der Waals surface area contributed by atoms with Crippen molar-refractivity contribution < 1.29 is 4.74 Å². The number of nitrogens with one attached hydrogen (secondary N) is 1. The van der Waals surface area contributed by atoms with Crippen molar-refractivity contribution in [3.63, 3.8) is 0 Å². The van der Waals surface area contributed by atoms with E-state index in [1.807, 2.05) is 67.6 Å². The number of methoxy groups -OCH3 is 1. The van der Waals surface area contributed by atoms with Gasteiger partial charge in [-0.1, -0.05) is 42.5 Å². The number of rotatable bonds is 5. The minimum atomic E-state index is 0.445. The first-order chi connectivity index (χ1) is 12.2. The predicted molar refractivity (Wildman–Crippen MR) is 104 cm³/mol. The van der Waals surface area contributed by atoms with E-state index in [9.17, 15) is 0 Å². The van der Waals surface area contributed by atoms with Gasteiger partial charge < -0.3 is 4.74 Å². The topological polar surface area (TPSA) is 55.2 Å². The van der Waals surface area contributed by atoms with Gasteiger partial charge in [-0.25, -0.2) is 5.10 Å². The van der Waals surface area contributed by atoms with Crippen LogP contribution in [0.4, 0.5) is 0 Å². The molecule has 0 spiro atoms. The Morgan fingerprint density at radius 1 is 1.16 bits per heavy atom. The molecule has 0 saturated heterocycles. The standard InChI is InChI=1S/C19H18N4OS/c1-14-8-3-5-11-16(14)18-21-22-19(25)23(18)20-13-7-10-15-9-4-6-12-17(15)24-2/h3-13H,1-2H3,(H,22,25). The second kappa shape index (κ2) is 7.72. The molecule has 1 N–H and O–H groups in total. The Morgan fingerprint density at radius 2 is 1.92 bits per heavy atom. The summed E-state index contributed by atoms with van der Waals surface area (Å²) in [4.78, 5) is 0. The number of ether oxygens (including phenoxy) is 1. The van der Waals surface area contributed by atoms with E-state index < -0.39 is 0 Å². The number of hydrogen-bond acceptors (Lipinski definition) is 4. The highest BCUT2D eigenvalue weighted by molar-refractivity contribution is 7.71. The summed E-state index contributed by atoms with van der Waals surface area (Å²) >= 11 is 5.29. The molecule has 25 heavy (non-hydrogen) atoms. The van der Waals surface area contributed by atoms with Crippen LogP contribution >= 0.6 is 12.2 Å². The van der Waals surface area contributed by atoms with Crippen molar-refractivity contribution >= 4 is 24.5 Å². The van der Waals surface area contributed by atoms with Crippen molar-refractivity contribution in [1.82, 2.24) is 14.9 Å². The molecule has 0 aliphatic carbocycles. The van der Waals surface area contributed by atoms with E-state index in [2.05, 4.69) is 15.3 Å². The molecule has 0 saturated carbocycles. The summed E-state index contributed by atoms with van der Waals surface area (Å²) < 4.78 is 7.38. The molecule has 6 heteroatoms. The van der Waals surface area contributed by atoms with Crippen molar-refractivity contribution in [3.8, 4) is 17.1 Å². The van der Waals surface area contributed by atoms with Gasteiger partial charge in [0.2, 0.25) is 4.77 Å². The van der Waals surface area contributed by atoms with E-state index in [0.29, 0.717) is 10.6 Å². The van der Waals surface area contributed by atoms with Gasteiger partial charge in [-0.3, -0.25) is 0 Å². The van der Waals surface area contributed by atoms with Crippen LogP contribution in [0.5, 0.6) is 5.75 Å². The minimum Gasteiger partial charge on any atom is -0.496 e. The normalized spacial score (nSPS) is 11.4. The molecular weight excluding hydrogens is 332 g/mol. The number of aryl methyl sites for hydroxylation is 1.